The van der Waals surface area contributed by atoms with Crippen LogP contribution in [-0.2, 0) is 29.1 Å². The molecule has 10 nitrogen and oxygen atoms in total. The second kappa shape index (κ2) is 8.51. The van der Waals surface area contributed by atoms with Crippen LogP contribution in [0.2, 0.25) is 0 Å². The highest BCUT2D eigenvalue weighted by atomic mass is 32.2. The maximum Gasteiger partial charge on any atom is 0.259 e. The number of rotatable bonds is 3. The fraction of sp³-hybridized carbons (Fsp3) is 0.750. The first-order valence-electron chi connectivity index (χ1n) is 10.9. The van der Waals surface area contributed by atoms with Gasteiger partial charge in [0.15, 0.2) is 0 Å². The van der Waals surface area contributed by atoms with E-state index in [4.69, 9.17) is 10.5 Å². The molecule has 0 unspecified atom stereocenters. The number of ether oxygens (including phenoxy) is 1. The molecule has 3 amide bonds. The van der Waals surface area contributed by atoms with E-state index in [1.54, 1.807) is 12.2 Å². The van der Waals surface area contributed by atoms with Crippen molar-refractivity contribution in [2.45, 2.75) is 67.8 Å². The van der Waals surface area contributed by atoms with E-state index in [2.05, 4.69) is 10.0 Å². The van der Waals surface area contributed by atoms with Gasteiger partial charge in [0.1, 0.15) is 11.6 Å². The molecule has 4 atom stereocenters. The highest BCUT2D eigenvalue weighted by Gasteiger charge is 2.61. The van der Waals surface area contributed by atoms with Crippen LogP contribution < -0.4 is 15.8 Å². The van der Waals surface area contributed by atoms with Gasteiger partial charge in [0, 0.05) is 19.1 Å². The number of hydrogen-bond acceptors (Lipinski definition) is 7. The van der Waals surface area contributed by atoms with Crippen molar-refractivity contribution in [2.24, 2.45) is 11.7 Å². The Morgan fingerprint density at radius 3 is 2.74 bits per heavy atom. The normalized spacial score (nSPS) is 35.8. The number of nitrogens with zero attached hydrogens (tertiary/aromatic N) is 1. The number of nitrogens with one attached hydrogen (secondary N) is 2. The molecule has 2 aliphatic heterocycles. The SMILES string of the molecule is N[C@H]1CCCOC/C=C\[C@@H]2C[C@@]2(C(=O)NS(=O)(=O)C2CC2)NC(=O)[C@@H]2CCCN2C1=O. The number of carbonyl (C=O) groups is 3. The Bertz CT molecular complexity index is 886. The molecule has 11 heteroatoms. The Morgan fingerprint density at radius 1 is 1.23 bits per heavy atom. The molecule has 4 aliphatic rings. The van der Waals surface area contributed by atoms with Crippen molar-refractivity contribution in [2.75, 3.05) is 19.8 Å². The molecule has 4 rings (SSSR count). The highest BCUT2D eigenvalue weighted by molar-refractivity contribution is 7.91. The third-order valence-electron chi connectivity index (χ3n) is 6.51. The van der Waals surface area contributed by atoms with E-state index in [9.17, 15) is 22.8 Å². The van der Waals surface area contributed by atoms with Gasteiger partial charge in [0.25, 0.3) is 5.91 Å². The predicted molar refractivity (Wildman–Crippen MR) is 111 cm³/mol. The van der Waals surface area contributed by atoms with Crippen molar-refractivity contribution in [1.82, 2.24) is 14.9 Å². The summed E-state index contributed by atoms with van der Waals surface area (Å²) in [6, 6.07) is -1.43. The first-order chi connectivity index (χ1) is 14.7. The van der Waals surface area contributed by atoms with E-state index in [0.29, 0.717) is 64.7 Å². The predicted octanol–water partition coefficient (Wildman–Crippen LogP) is -0.845. The second-order valence-corrected chi connectivity index (χ2v) is 10.8. The average molecular weight is 455 g/mol. The summed E-state index contributed by atoms with van der Waals surface area (Å²) in [4.78, 5) is 40.4. The number of nitrogens with two attached hydrogens (primary N) is 1. The summed E-state index contributed by atoms with van der Waals surface area (Å²) in [5.41, 5.74) is 4.71. The lowest BCUT2D eigenvalue weighted by molar-refractivity contribution is -0.140. The molecule has 0 radical (unpaired) electrons. The van der Waals surface area contributed by atoms with Gasteiger partial charge < -0.3 is 20.7 Å². The van der Waals surface area contributed by atoms with Crippen molar-refractivity contribution in [3.8, 4) is 0 Å². The summed E-state index contributed by atoms with van der Waals surface area (Å²) < 4.78 is 32.3. The minimum absolute atomic E-state index is 0.284. The van der Waals surface area contributed by atoms with Crippen molar-refractivity contribution in [1.29, 1.82) is 0 Å². The van der Waals surface area contributed by atoms with Gasteiger partial charge in [0.05, 0.1) is 17.9 Å². The molecule has 172 valence electrons. The zero-order chi connectivity index (χ0) is 22.2. The molecule has 2 heterocycles. The summed E-state index contributed by atoms with van der Waals surface area (Å²) in [7, 11) is -3.74. The van der Waals surface area contributed by atoms with E-state index in [-0.39, 0.29) is 11.8 Å². The summed E-state index contributed by atoms with van der Waals surface area (Å²) >= 11 is 0. The van der Waals surface area contributed by atoms with Gasteiger partial charge in [-0.1, -0.05) is 12.2 Å². The minimum Gasteiger partial charge on any atom is -0.377 e. The summed E-state index contributed by atoms with van der Waals surface area (Å²) in [5.74, 6) is -1.79. The molecule has 0 bridgehead atoms. The van der Waals surface area contributed by atoms with E-state index in [0.717, 1.165) is 0 Å². The molecule has 4 N–H and O–H groups in total. The van der Waals surface area contributed by atoms with Gasteiger partial charge in [-0.05, 0) is 44.9 Å². The van der Waals surface area contributed by atoms with Crippen LogP contribution in [0.1, 0.15) is 44.9 Å². The quantitative estimate of drug-likeness (QED) is 0.471. The zero-order valence-electron chi connectivity index (χ0n) is 17.4. The lowest BCUT2D eigenvalue weighted by Gasteiger charge is -2.28. The van der Waals surface area contributed by atoms with Crippen LogP contribution in [0, 0.1) is 5.92 Å². The fourth-order valence-electron chi connectivity index (χ4n) is 4.38. The Balaban J connectivity index is 1.56. The molecule has 2 aliphatic carbocycles. The Labute approximate surface area is 182 Å². The monoisotopic (exact) mass is 454 g/mol. The van der Waals surface area contributed by atoms with Gasteiger partial charge in [-0.25, -0.2) is 8.42 Å². The summed E-state index contributed by atoms with van der Waals surface area (Å²) in [6.45, 7) is 1.20. The molecule has 31 heavy (non-hydrogen) atoms. The van der Waals surface area contributed by atoms with Crippen molar-refractivity contribution >= 4 is 27.7 Å². The van der Waals surface area contributed by atoms with Crippen LogP contribution in [0.25, 0.3) is 0 Å². The maximum atomic E-state index is 13.1. The van der Waals surface area contributed by atoms with Crippen LogP contribution in [0.4, 0.5) is 0 Å². The Hall–Kier alpha value is -1.98. The largest absolute Gasteiger partial charge is 0.377 e. The van der Waals surface area contributed by atoms with E-state index >= 15 is 0 Å². The van der Waals surface area contributed by atoms with Gasteiger partial charge in [-0.2, -0.15) is 0 Å². The smallest absolute Gasteiger partial charge is 0.259 e. The van der Waals surface area contributed by atoms with E-state index < -0.39 is 44.7 Å². The molecule has 0 spiro atoms. The first-order valence-corrected chi connectivity index (χ1v) is 12.5. The summed E-state index contributed by atoms with van der Waals surface area (Å²) in [5, 5.41) is 2.24. The van der Waals surface area contributed by atoms with Crippen molar-refractivity contribution in [3.63, 3.8) is 0 Å². The third-order valence-corrected chi connectivity index (χ3v) is 8.33. The minimum atomic E-state index is -3.74. The molecule has 0 aromatic heterocycles. The van der Waals surface area contributed by atoms with Gasteiger partial charge in [-0.3, -0.25) is 19.1 Å². The van der Waals surface area contributed by atoms with Gasteiger partial charge in [-0.15, -0.1) is 0 Å². The average Bonchev–Trinajstić information content (AvgIpc) is 3.63. The molecule has 2 saturated carbocycles. The zero-order valence-corrected chi connectivity index (χ0v) is 18.2. The van der Waals surface area contributed by atoms with Crippen LogP contribution in [0.15, 0.2) is 12.2 Å². The van der Waals surface area contributed by atoms with Crippen LogP contribution >= 0.6 is 0 Å². The number of carbonyl (C=O) groups excluding carboxylic acids is 3. The molecular formula is C20H30N4O6S. The van der Waals surface area contributed by atoms with Crippen LogP contribution in [0.3, 0.4) is 0 Å². The van der Waals surface area contributed by atoms with Crippen molar-refractivity contribution < 1.29 is 27.5 Å². The fourth-order valence-corrected chi connectivity index (χ4v) is 5.75. The molecule has 3 fully saturated rings. The standard InChI is InChI=1S/C20H30N4O6S/c21-15-5-3-11-30-10-2-4-13-12-20(13,19(27)23-31(28,29)14-7-8-14)22-17(25)16-6-1-9-24(16)18(15)26/h2,4,13-16H,1,3,5-12,21H2,(H,22,25)(H,23,27)/b4-2-/t13-,15+,16+,20-/m1/s1. The van der Waals surface area contributed by atoms with Crippen molar-refractivity contribution in [3.05, 3.63) is 12.2 Å². The lowest BCUT2D eigenvalue weighted by atomic mass is 10.1. The van der Waals surface area contributed by atoms with Gasteiger partial charge >= 0.3 is 0 Å². The summed E-state index contributed by atoms with van der Waals surface area (Å²) in [6.07, 6.45) is 7.14. The molecule has 0 aromatic rings. The second-order valence-electron chi connectivity index (χ2n) is 8.89. The van der Waals surface area contributed by atoms with Crippen LogP contribution in [0.5, 0.6) is 0 Å². The topological polar surface area (TPSA) is 148 Å². The number of amides is 3. The van der Waals surface area contributed by atoms with E-state index in [1.165, 1.54) is 4.90 Å². The molecule has 1 saturated heterocycles. The number of sulfonamides is 1. The van der Waals surface area contributed by atoms with E-state index in [1.807, 2.05) is 0 Å². The lowest BCUT2D eigenvalue weighted by Crippen LogP contribution is -2.57. The third kappa shape index (κ3) is 4.63. The Kier molecular flexibility index (Phi) is 6.10. The number of hydrogen-bond donors (Lipinski definition) is 3. The Morgan fingerprint density at radius 2 is 2.00 bits per heavy atom. The van der Waals surface area contributed by atoms with Gasteiger partial charge in [0.2, 0.25) is 21.8 Å². The molecular weight excluding hydrogens is 424 g/mol. The first kappa shape index (κ1) is 22.2. The number of fused-ring (bicyclic) bond motifs is 2. The highest BCUT2D eigenvalue weighted by Crippen LogP contribution is 2.45. The van der Waals surface area contributed by atoms with Crippen LogP contribution in [-0.4, -0.2) is 73.7 Å². The maximum absolute atomic E-state index is 13.1. The molecule has 0 aromatic carbocycles.